The summed E-state index contributed by atoms with van der Waals surface area (Å²) in [4.78, 5) is 2.49. The van der Waals surface area contributed by atoms with Crippen molar-refractivity contribution in [2.45, 2.75) is 32.0 Å². The van der Waals surface area contributed by atoms with Gasteiger partial charge in [-0.2, -0.15) is 0 Å². The Bertz CT molecular complexity index is 544. The fraction of sp³-hybridized carbons (Fsp3) is 0.375. The molecule has 1 aliphatic heterocycles. The van der Waals surface area contributed by atoms with Crippen LogP contribution in [-0.4, -0.2) is 23.5 Å². The van der Waals surface area contributed by atoms with Gasteiger partial charge in [0.25, 0.3) is 0 Å². The van der Waals surface area contributed by atoms with Gasteiger partial charge >= 0.3 is 0 Å². The quantitative estimate of drug-likeness (QED) is 0.874. The minimum atomic E-state index is 0.333. The SMILES string of the molecule is CC1C(N)CCN1Cc1cccc2ccccc12. The van der Waals surface area contributed by atoms with Gasteiger partial charge in [-0.05, 0) is 29.7 Å². The van der Waals surface area contributed by atoms with Gasteiger partial charge in [-0.25, -0.2) is 0 Å². The Hall–Kier alpha value is -1.38. The van der Waals surface area contributed by atoms with Gasteiger partial charge in [0.1, 0.15) is 0 Å². The topological polar surface area (TPSA) is 29.3 Å². The lowest BCUT2D eigenvalue weighted by Crippen LogP contribution is -2.36. The van der Waals surface area contributed by atoms with Crippen molar-refractivity contribution in [2.75, 3.05) is 6.54 Å². The van der Waals surface area contributed by atoms with E-state index in [0.29, 0.717) is 12.1 Å². The highest BCUT2D eigenvalue weighted by Crippen LogP contribution is 2.24. The second-order valence-corrected chi connectivity index (χ2v) is 5.30. The highest BCUT2D eigenvalue weighted by molar-refractivity contribution is 5.85. The van der Waals surface area contributed by atoms with Gasteiger partial charge in [0.15, 0.2) is 0 Å². The van der Waals surface area contributed by atoms with E-state index in [9.17, 15) is 0 Å². The summed E-state index contributed by atoms with van der Waals surface area (Å²) >= 11 is 0. The van der Waals surface area contributed by atoms with E-state index < -0.39 is 0 Å². The fourth-order valence-electron chi connectivity index (χ4n) is 2.90. The number of nitrogens with zero attached hydrogens (tertiary/aromatic N) is 1. The molecule has 2 unspecified atom stereocenters. The van der Waals surface area contributed by atoms with Gasteiger partial charge in [0.05, 0.1) is 0 Å². The molecule has 0 radical (unpaired) electrons. The largest absolute Gasteiger partial charge is 0.326 e. The molecule has 2 aromatic carbocycles. The van der Waals surface area contributed by atoms with Crippen LogP contribution in [-0.2, 0) is 6.54 Å². The molecule has 0 saturated carbocycles. The van der Waals surface area contributed by atoms with Crippen LogP contribution in [0.4, 0.5) is 0 Å². The molecule has 2 atom stereocenters. The second-order valence-electron chi connectivity index (χ2n) is 5.30. The monoisotopic (exact) mass is 240 g/mol. The van der Waals surface area contributed by atoms with E-state index in [4.69, 9.17) is 5.73 Å². The standard InChI is InChI=1S/C16H20N2/c1-12-16(17)9-10-18(12)11-14-7-4-6-13-5-2-3-8-15(13)14/h2-8,12,16H,9-11,17H2,1H3. The third-order valence-corrected chi connectivity index (χ3v) is 4.20. The molecule has 0 aliphatic carbocycles. The number of fused-ring (bicyclic) bond motifs is 1. The molecule has 0 bridgehead atoms. The molecule has 3 rings (SSSR count). The van der Waals surface area contributed by atoms with Crippen molar-refractivity contribution in [3.63, 3.8) is 0 Å². The Kier molecular flexibility index (Phi) is 3.06. The average molecular weight is 240 g/mol. The number of hydrogen-bond acceptors (Lipinski definition) is 2. The second kappa shape index (κ2) is 4.71. The molecule has 2 N–H and O–H groups in total. The highest BCUT2D eigenvalue weighted by Gasteiger charge is 2.27. The number of nitrogens with two attached hydrogens (primary N) is 1. The zero-order chi connectivity index (χ0) is 12.5. The molecule has 1 heterocycles. The Morgan fingerprint density at radius 1 is 1.17 bits per heavy atom. The van der Waals surface area contributed by atoms with E-state index in [0.717, 1.165) is 19.5 Å². The molecule has 2 heteroatoms. The van der Waals surface area contributed by atoms with Gasteiger partial charge in [0.2, 0.25) is 0 Å². The fourth-order valence-corrected chi connectivity index (χ4v) is 2.90. The Balaban J connectivity index is 1.91. The number of likely N-dealkylation sites (tertiary alicyclic amines) is 1. The molecule has 0 aromatic heterocycles. The highest BCUT2D eigenvalue weighted by atomic mass is 15.2. The summed E-state index contributed by atoms with van der Waals surface area (Å²) < 4.78 is 0. The first-order valence-electron chi connectivity index (χ1n) is 6.72. The van der Waals surface area contributed by atoms with Gasteiger partial charge in [-0.3, -0.25) is 4.90 Å². The molecule has 0 amide bonds. The summed E-state index contributed by atoms with van der Waals surface area (Å²) in [5.41, 5.74) is 7.50. The Morgan fingerprint density at radius 2 is 1.94 bits per heavy atom. The first-order chi connectivity index (χ1) is 8.75. The summed E-state index contributed by atoms with van der Waals surface area (Å²) in [6, 6.07) is 16.0. The van der Waals surface area contributed by atoms with Crippen LogP contribution in [0.1, 0.15) is 18.9 Å². The maximum absolute atomic E-state index is 6.09. The normalized spacial score (nSPS) is 24.8. The molecule has 18 heavy (non-hydrogen) atoms. The van der Waals surface area contributed by atoms with Crippen LogP contribution in [0.3, 0.4) is 0 Å². The number of hydrogen-bond donors (Lipinski definition) is 1. The van der Waals surface area contributed by atoms with Gasteiger partial charge in [-0.1, -0.05) is 42.5 Å². The van der Waals surface area contributed by atoms with E-state index in [1.807, 2.05) is 0 Å². The molecule has 0 spiro atoms. The Morgan fingerprint density at radius 3 is 2.72 bits per heavy atom. The van der Waals surface area contributed by atoms with Crippen molar-refractivity contribution in [1.82, 2.24) is 4.90 Å². The smallest absolute Gasteiger partial charge is 0.0243 e. The zero-order valence-corrected chi connectivity index (χ0v) is 10.8. The minimum Gasteiger partial charge on any atom is -0.326 e. The number of benzene rings is 2. The average Bonchev–Trinajstić information content (AvgIpc) is 2.71. The van der Waals surface area contributed by atoms with Gasteiger partial charge in [-0.15, -0.1) is 0 Å². The predicted molar refractivity (Wildman–Crippen MR) is 76.4 cm³/mol. The van der Waals surface area contributed by atoms with Crippen molar-refractivity contribution in [3.8, 4) is 0 Å². The molecule has 1 aliphatic rings. The summed E-state index contributed by atoms with van der Waals surface area (Å²) in [7, 11) is 0. The van der Waals surface area contributed by atoms with Gasteiger partial charge < -0.3 is 5.73 Å². The van der Waals surface area contributed by atoms with E-state index in [2.05, 4.69) is 54.3 Å². The molecule has 94 valence electrons. The summed E-state index contributed by atoms with van der Waals surface area (Å²) in [5, 5.41) is 2.69. The third-order valence-electron chi connectivity index (χ3n) is 4.20. The first-order valence-corrected chi connectivity index (χ1v) is 6.72. The van der Waals surface area contributed by atoms with Crippen LogP contribution in [0, 0.1) is 0 Å². The van der Waals surface area contributed by atoms with Gasteiger partial charge in [0, 0.05) is 25.2 Å². The molecular formula is C16H20N2. The zero-order valence-electron chi connectivity index (χ0n) is 10.8. The van der Waals surface area contributed by atoms with Crippen molar-refractivity contribution in [3.05, 3.63) is 48.0 Å². The first kappa shape index (κ1) is 11.7. The van der Waals surface area contributed by atoms with E-state index in [1.54, 1.807) is 0 Å². The van der Waals surface area contributed by atoms with E-state index in [-0.39, 0.29) is 0 Å². The minimum absolute atomic E-state index is 0.333. The van der Waals surface area contributed by atoms with E-state index >= 15 is 0 Å². The maximum Gasteiger partial charge on any atom is 0.0243 e. The lowest BCUT2D eigenvalue weighted by atomic mass is 10.0. The molecule has 2 aromatic rings. The van der Waals surface area contributed by atoms with Crippen LogP contribution >= 0.6 is 0 Å². The predicted octanol–water partition coefficient (Wildman–Crippen LogP) is 2.76. The lowest BCUT2D eigenvalue weighted by molar-refractivity contribution is 0.252. The molecular weight excluding hydrogens is 220 g/mol. The van der Waals surface area contributed by atoms with Crippen molar-refractivity contribution < 1.29 is 0 Å². The third kappa shape index (κ3) is 2.02. The summed E-state index contributed by atoms with van der Waals surface area (Å²) in [6.07, 6.45) is 1.12. The van der Waals surface area contributed by atoms with E-state index in [1.165, 1.54) is 16.3 Å². The number of rotatable bonds is 2. The van der Waals surface area contributed by atoms with Crippen molar-refractivity contribution in [2.24, 2.45) is 5.73 Å². The van der Waals surface area contributed by atoms with Crippen LogP contribution in [0.5, 0.6) is 0 Å². The van der Waals surface area contributed by atoms with Crippen molar-refractivity contribution >= 4 is 10.8 Å². The summed E-state index contributed by atoms with van der Waals surface area (Å²) in [5.74, 6) is 0. The Labute approximate surface area is 108 Å². The van der Waals surface area contributed by atoms with Crippen molar-refractivity contribution in [1.29, 1.82) is 0 Å². The maximum atomic E-state index is 6.09. The van der Waals surface area contributed by atoms with Crippen LogP contribution in [0.2, 0.25) is 0 Å². The lowest BCUT2D eigenvalue weighted by Gasteiger charge is -2.23. The van der Waals surface area contributed by atoms with Crippen LogP contribution in [0.15, 0.2) is 42.5 Å². The van der Waals surface area contributed by atoms with Crippen LogP contribution in [0.25, 0.3) is 10.8 Å². The molecule has 2 nitrogen and oxygen atoms in total. The van der Waals surface area contributed by atoms with Crippen LogP contribution < -0.4 is 5.73 Å². The molecule has 1 saturated heterocycles. The summed E-state index contributed by atoms with van der Waals surface area (Å²) in [6.45, 7) is 4.37. The molecule has 1 fully saturated rings.